The Balaban J connectivity index is 2.83. The van der Waals surface area contributed by atoms with Gasteiger partial charge in [0.25, 0.3) is 0 Å². The van der Waals surface area contributed by atoms with E-state index in [0.717, 1.165) is 27.9 Å². The molecule has 0 atom stereocenters. The third-order valence-corrected chi connectivity index (χ3v) is 2.80. The van der Waals surface area contributed by atoms with Gasteiger partial charge in [0.2, 0.25) is 0 Å². The van der Waals surface area contributed by atoms with E-state index in [1.807, 2.05) is 14.0 Å². The highest BCUT2D eigenvalue weighted by molar-refractivity contribution is 5.92. The zero-order chi connectivity index (χ0) is 11.7. The van der Waals surface area contributed by atoms with Crippen LogP contribution in [0.4, 0.5) is 0 Å². The molecule has 0 fully saturated rings. The molecular weight excluding hydrogens is 196 g/mol. The van der Waals surface area contributed by atoms with Crippen molar-refractivity contribution in [3.8, 4) is 0 Å². The molecular formula is C14H16N2. The molecule has 0 unspecified atom stereocenters. The molecule has 1 aromatic carbocycles. The first kappa shape index (κ1) is 10.7. The minimum Gasteiger partial charge on any atom is -0.388 e. The number of aromatic nitrogens is 1. The highest BCUT2D eigenvalue weighted by atomic mass is 14.8. The van der Waals surface area contributed by atoms with Crippen LogP contribution in [0, 0.1) is 13.8 Å². The van der Waals surface area contributed by atoms with E-state index in [2.05, 4.69) is 48.1 Å². The second kappa shape index (κ2) is 3.97. The summed E-state index contributed by atoms with van der Waals surface area (Å²) < 4.78 is 0. The number of benzene rings is 1. The number of pyridine rings is 1. The molecule has 2 heteroatoms. The first-order valence-corrected chi connectivity index (χ1v) is 5.37. The molecule has 16 heavy (non-hydrogen) atoms. The van der Waals surface area contributed by atoms with Crippen LogP contribution in [0.15, 0.2) is 30.8 Å². The summed E-state index contributed by atoms with van der Waals surface area (Å²) in [6.07, 6.45) is 0. The van der Waals surface area contributed by atoms with Crippen LogP contribution in [-0.4, -0.2) is 12.0 Å². The van der Waals surface area contributed by atoms with E-state index in [4.69, 9.17) is 0 Å². The molecule has 82 valence electrons. The maximum Gasteiger partial charge on any atom is 0.0741 e. The Labute approximate surface area is 96.0 Å². The van der Waals surface area contributed by atoms with Crippen molar-refractivity contribution in [2.24, 2.45) is 0 Å². The van der Waals surface area contributed by atoms with Crippen molar-refractivity contribution >= 4 is 16.6 Å². The van der Waals surface area contributed by atoms with Gasteiger partial charge in [-0.05, 0) is 25.5 Å². The van der Waals surface area contributed by atoms with Crippen LogP contribution in [0.5, 0.6) is 0 Å². The molecule has 0 saturated carbocycles. The van der Waals surface area contributed by atoms with Crippen molar-refractivity contribution in [2.75, 3.05) is 7.05 Å². The van der Waals surface area contributed by atoms with Gasteiger partial charge in [0.05, 0.1) is 5.52 Å². The Morgan fingerprint density at radius 2 is 2.06 bits per heavy atom. The largest absolute Gasteiger partial charge is 0.388 e. The van der Waals surface area contributed by atoms with E-state index in [9.17, 15) is 0 Å². The highest BCUT2D eigenvalue weighted by Crippen LogP contribution is 2.24. The third-order valence-electron chi connectivity index (χ3n) is 2.80. The first-order valence-electron chi connectivity index (χ1n) is 5.37. The maximum atomic E-state index is 4.58. The van der Waals surface area contributed by atoms with Crippen LogP contribution in [-0.2, 0) is 0 Å². The SMILES string of the molecule is C=C(NC)c1cc(C)nc2c(C)cccc12. The lowest BCUT2D eigenvalue weighted by Crippen LogP contribution is -2.04. The van der Waals surface area contributed by atoms with Gasteiger partial charge in [0, 0.05) is 29.4 Å². The Morgan fingerprint density at radius 1 is 1.31 bits per heavy atom. The lowest BCUT2D eigenvalue weighted by Gasteiger charge is -2.11. The fraction of sp³-hybridized carbons (Fsp3) is 0.214. The van der Waals surface area contributed by atoms with Crippen LogP contribution in [0.2, 0.25) is 0 Å². The standard InChI is InChI=1S/C14H16N2/c1-9-6-5-7-12-13(11(3)15-4)8-10(2)16-14(9)12/h5-8,15H,3H2,1-2,4H3. The van der Waals surface area contributed by atoms with Crippen molar-refractivity contribution < 1.29 is 0 Å². The van der Waals surface area contributed by atoms with E-state index in [0.29, 0.717) is 0 Å². The average molecular weight is 212 g/mol. The number of rotatable bonds is 2. The molecule has 0 aliphatic rings. The van der Waals surface area contributed by atoms with E-state index in [-0.39, 0.29) is 0 Å². The first-order chi connectivity index (χ1) is 7.63. The van der Waals surface area contributed by atoms with Gasteiger partial charge in [-0.25, -0.2) is 0 Å². The molecule has 1 N–H and O–H groups in total. The fourth-order valence-corrected chi connectivity index (χ4v) is 1.90. The normalized spacial score (nSPS) is 10.4. The second-order valence-electron chi connectivity index (χ2n) is 4.01. The number of nitrogens with one attached hydrogen (secondary N) is 1. The summed E-state index contributed by atoms with van der Waals surface area (Å²) in [5, 5.41) is 4.26. The minimum atomic E-state index is 0.932. The van der Waals surface area contributed by atoms with Gasteiger partial charge in [0.1, 0.15) is 0 Å². The Morgan fingerprint density at radius 3 is 2.75 bits per heavy atom. The summed E-state index contributed by atoms with van der Waals surface area (Å²) in [5.41, 5.74) is 5.35. The quantitative estimate of drug-likeness (QED) is 0.827. The van der Waals surface area contributed by atoms with Gasteiger partial charge in [-0.3, -0.25) is 4.98 Å². The Bertz CT molecular complexity index is 556. The lowest BCUT2D eigenvalue weighted by atomic mass is 10.0. The lowest BCUT2D eigenvalue weighted by molar-refractivity contribution is 1.13. The molecule has 0 saturated heterocycles. The van der Waals surface area contributed by atoms with E-state index in [1.54, 1.807) is 0 Å². The van der Waals surface area contributed by atoms with Gasteiger partial charge in [-0.1, -0.05) is 24.8 Å². The number of nitrogens with zero attached hydrogens (tertiary/aromatic N) is 1. The van der Waals surface area contributed by atoms with Crippen molar-refractivity contribution in [1.29, 1.82) is 0 Å². The summed E-state index contributed by atoms with van der Waals surface area (Å²) in [5.74, 6) is 0. The number of hydrogen-bond acceptors (Lipinski definition) is 2. The summed E-state index contributed by atoms with van der Waals surface area (Å²) in [6, 6.07) is 8.30. The van der Waals surface area contributed by atoms with Crippen molar-refractivity contribution in [3.63, 3.8) is 0 Å². The predicted molar refractivity (Wildman–Crippen MR) is 69.3 cm³/mol. The van der Waals surface area contributed by atoms with Crippen molar-refractivity contribution in [3.05, 3.63) is 47.7 Å². The van der Waals surface area contributed by atoms with E-state index in [1.165, 1.54) is 5.56 Å². The number of hydrogen-bond donors (Lipinski definition) is 1. The zero-order valence-electron chi connectivity index (χ0n) is 9.96. The summed E-state index contributed by atoms with van der Waals surface area (Å²) in [6.45, 7) is 8.12. The van der Waals surface area contributed by atoms with Crippen molar-refractivity contribution in [1.82, 2.24) is 10.3 Å². The van der Waals surface area contributed by atoms with E-state index >= 15 is 0 Å². The van der Waals surface area contributed by atoms with Gasteiger partial charge >= 0.3 is 0 Å². The van der Waals surface area contributed by atoms with E-state index < -0.39 is 0 Å². The molecule has 0 aliphatic heterocycles. The van der Waals surface area contributed by atoms with Crippen LogP contribution < -0.4 is 5.32 Å². The van der Waals surface area contributed by atoms with Crippen molar-refractivity contribution in [2.45, 2.75) is 13.8 Å². The third kappa shape index (κ3) is 1.67. The zero-order valence-corrected chi connectivity index (χ0v) is 9.96. The highest BCUT2D eigenvalue weighted by Gasteiger charge is 2.07. The number of para-hydroxylation sites is 1. The average Bonchev–Trinajstić information content (AvgIpc) is 2.28. The van der Waals surface area contributed by atoms with Crippen LogP contribution in [0.1, 0.15) is 16.8 Å². The second-order valence-corrected chi connectivity index (χ2v) is 4.01. The molecule has 0 spiro atoms. The Hall–Kier alpha value is -1.83. The molecule has 0 amide bonds. The maximum absolute atomic E-state index is 4.58. The minimum absolute atomic E-state index is 0.932. The molecule has 0 radical (unpaired) electrons. The van der Waals surface area contributed by atoms with Gasteiger partial charge in [-0.15, -0.1) is 0 Å². The molecule has 0 bridgehead atoms. The number of fused-ring (bicyclic) bond motifs is 1. The molecule has 2 rings (SSSR count). The van der Waals surface area contributed by atoms with Crippen LogP contribution >= 0.6 is 0 Å². The van der Waals surface area contributed by atoms with Gasteiger partial charge < -0.3 is 5.32 Å². The molecule has 0 aliphatic carbocycles. The smallest absolute Gasteiger partial charge is 0.0741 e. The van der Waals surface area contributed by atoms with Crippen LogP contribution in [0.3, 0.4) is 0 Å². The number of aryl methyl sites for hydroxylation is 2. The monoisotopic (exact) mass is 212 g/mol. The summed E-state index contributed by atoms with van der Waals surface area (Å²) >= 11 is 0. The Kier molecular flexibility index (Phi) is 2.65. The summed E-state index contributed by atoms with van der Waals surface area (Å²) in [4.78, 5) is 4.58. The fourth-order valence-electron chi connectivity index (χ4n) is 1.90. The predicted octanol–water partition coefficient (Wildman–Crippen LogP) is 3.04. The molecule has 2 nitrogen and oxygen atoms in total. The molecule has 1 heterocycles. The summed E-state index contributed by atoms with van der Waals surface area (Å²) in [7, 11) is 1.89. The van der Waals surface area contributed by atoms with Gasteiger partial charge in [-0.2, -0.15) is 0 Å². The van der Waals surface area contributed by atoms with Crippen LogP contribution in [0.25, 0.3) is 16.6 Å². The molecule has 2 aromatic rings. The van der Waals surface area contributed by atoms with Gasteiger partial charge in [0.15, 0.2) is 0 Å². The molecule has 1 aromatic heterocycles. The topological polar surface area (TPSA) is 24.9 Å².